The van der Waals surface area contributed by atoms with Gasteiger partial charge in [0.05, 0.1) is 6.61 Å². The summed E-state index contributed by atoms with van der Waals surface area (Å²) in [5.41, 5.74) is -1.08. The second-order valence-electron chi connectivity index (χ2n) is 14.4. The highest BCUT2D eigenvalue weighted by Crippen LogP contribution is 2.65. The van der Waals surface area contributed by atoms with Crippen LogP contribution in [-0.2, 0) is 4.43 Å². The van der Waals surface area contributed by atoms with Gasteiger partial charge in [-0.25, -0.2) is 0 Å². The van der Waals surface area contributed by atoms with Gasteiger partial charge >= 0.3 is 107 Å². The molecule has 1 nitrogen and oxygen atoms in total. The second-order valence-corrected chi connectivity index (χ2v) is 18.6. The van der Waals surface area contributed by atoms with Crippen molar-refractivity contribution in [2.75, 3.05) is 6.61 Å². The first-order valence-corrected chi connectivity index (χ1v) is 19.0. The van der Waals surface area contributed by atoms with Gasteiger partial charge in [-0.1, -0.05) is 12.2 Å². The Kier molecular flexibility index (Phi) is 17.3. The maximum atomic E-state index is 14.8. The minimum Gasteiger partial charge on any atom is -0.413 e. The highest BCUT2D eigenvalue weighted by molar-refractivity contribution is 6.73. The molecule has 41 heteroatoms. The Bertz CT molecular complexity index is 1590. The molecule has 0 saturated heterocycles. The molecule has 414 valence electrons. The third-order valence-electron chi connectivity index (χ3n) is 9.30. The highest BCUT2D eigenvalue weighted by Gasteiger charge is 2.93. The summed E-state index contributed by atoms with van der Waals surface area (Å²) in [5, 5.41) is 0. The van der Waals surface area contributed by atoms with E-state index >= 15 is 0 Å². The largest absolute Gasteiger partial charge is 0.460 e. The van der Waals surface area contributed by atoms with Gasteiger partial charge in [0.2, 0.25) is 0 Å². The first-order valence-electron chi connectivity index (χ1n) is 16.4. The third kappa shape index (κ3) is 10.3. The lowest BCUT2D eigenvalue weighted by molar-refractivity contribution is -0.440. The predicted octanol–water partition coefficient (Wildman–Crippen LogP) is 15.9. The average molecular weight is 1140 g/mol. The van der Waals surface area contributed by atoms with Gasteiger partial charge in [0, 0.05) is 19.3 Å². The van der Waals surface area contributed by atoms with Crippen molar-refractivity contribution in [1.82, 2.24) is 0 Å². The van der Waals surface area contributed by atoms with Crippen LogP contribution in [-0.4, -0.2) is 122 Å². The summed E-state index contributed by atoms with van der Waals surface area (Å²) < 4.78 is 538. The maximum Gasteiger partial charge on any atom is 0.460 e. The summed E-state index contributed by atoms with van der Waals surface area (Å²) in [6.07, 6.45) is -36.8. The summed E-state index contributed by atoms with van der Waals surface area (Å²) in [6, 6.07) is -10.2. The quantitative estimate of drug-likeness (QED) is 0.0532. The Morgan fingerprint density at radius 1 is 0.290 bits per heavy atom. The Hall–Kier alpha value is -2.81. The molecule has 69 heavy (non-hydrogen) atoms. The van der Waals surface area contributed by atoms with Crippen LogP contribution in [0, 0.1) is 0 Å². The molecule has 0 aromatic rings. The lowest BCUT2D eigenvalue weighted by atomic mass is 9.93. The Balaban J connectivity index is 8.23. The van der Waals surface area contributed by atoms with Gasteiger partial charge in [0.25, 0.3) is 0 Å². The number of rotatable bonds is 24. The van der Waals surface area contributed by atoms with E-state index in [-0.39, 0.29) is 0 Å². The molecule has 0 atom stereocenters. The van der Waals surface area contributed by atoms with Crippen molar-refractivity contribution in [2.24, 2.45) is 0 Å². The molecule has 0 rings (SSSR count). The molecule has 0 unspecified atom stereocenters. The fraction of sp³-hybridized carbons (Fsp3) is 0.929. The molecule has 0 aromatic carbocycles. The molecule has 0 bridgehead atoms. The third-order valence-corrected chi connectivity index (χ3v) is 13.5. The van der Waals surface area contributed by atoms with Gasteiger partial charge in [-0.2, -0.15) is 171 Å². The Morgan fingerprint density at radius 2 is 0.449 bits per heavy atom. The Labute approximate surface area is 355 Å². The second kappa shape index (κ2) is 18.0. The molecule has 0 heterocycles. The van der Waals surface area contributed by atoms with Gasteiger partial charge < -0.3 is 4.43 Å². The number of halogens is 39. The summed E-state index contributed by atoms with van der Waals surface area (Å²) in [7, 11) is -7.22. The topological polar surface area (TPSA) is 9.23 Å². The SMILES string of the molecule is C=C(C)CO[Si](CCC(F)(F)C(F)(F)C(F)(F)C(F)(F)C(F)(F)C(F)(F)F)(CCC(F)(F)C(F)(F)C(F)(F)C(F)(F)C(F)(F)C(F)(F)F)CCC(F)(F)C(F)(F)C(F)(F)C(F)(F)C(F)(F)C(F)(F)F. The standard InChI is InChI=1S/C28H19F39OSi/c1-10(2)9-68-69(6-3-11(29,30)14(35,36)17(41,42)20(47,48)23(53,54)26(59,60)61,7-4-12(31,32)15(37,38)18(43,44)21(49,50)24(55,56)27(62,63)64)8-5-13(33,34)16(39,40)19(45,46)22(51,52)25(57,58)28(65,66)67/h1,3-9H2,2H3. The van der Waals surface area contributed by atoms with Crippen LogP contribution < -0.4 is 0 Å². The van der Waals surface area contributed by atoms with Crippen LogP contribution in [0.15, 0.2) is 12.2 Å². The number of hydrogen-bond donors (Lipinski definition) is 0. The Morgan fingerprint density at radius 3 is 0.594 bits per heavy atom. The van der Waals surface area contributed by atoms with Gasteiger partial charge in [0.15, 0.2) is 8.32 Å². The molecule has 0 aliphatic heterocycles. The van der Waals surface area contributed by atoms with Gasteiger partial charge in [-0.05, 0) is 25.1 Å². The van der Waals surface area contributed by atoms with Crippen molar-refractivity contribution in [1.29, 1.82) is 0 Å². The first-order chi connectivity index (χ1) is 29.3. The zero-order valence-corrected chi connectivity index (χ0v) is 32.8. The van der Waals surface area contributed by atoms with Crippen LogP contribution in [0.3, 0.4) is 0 Å². The van der Waals surface area contributed by atoms with Crippen molar-refractivity contribution in [3.05, 3.63) is 12.2 Å². The zero-order valence-electron chi connectivity index (χ0n) is 31.8. The minimum atomic E-state index is -8.89. The van der Waals surface area contributed by atoms with E-state index in [1.165, 1.54) is 0 Å². The molecule has 0 fully saturated rings. The maximum absolute atomic E-state index is 14.8. The zero-order chi connectivity index (χ0) is 56.7. The first kappa shape index (κ1) is 66.2. The number of hydrogen-bond acceptors (Lipinski definition) is 1. The van der Waals surface area contributed by atoms with E-state index in [0.717, 1.165) is 0 Å². The fourth-order valence-corrected chi connectivity index (χ4v) is 8.94. The summed E-state index contributed by atoms with van der Waals surface area (Å²) >= 11 is 0. The molecule has 0 radical (unpaired) electrons. The van der Waals surface area contributed by atoms with E-state index in [9.17, 15) is 171 Å². The van der Waals surface area contributed by atoms with Crippen LogP contribution in [0.1, 0.15) is 26.2 Å². The molecular formula is C28H19F39OSi. The van der Waals surface area contributed by atoms with Crippen molar-refractivity contribution in [2.45, 2.75) is 152 Å². The molecular weight excluding hydrogens is 1120 g/mol. The van der Waals surface area contributed by atoms with Crippen molar-refractivity contribution in [3.8, 4) is 0 Å². The molecule has 0 amide bonds. The van der Waals surface area contributed by atoms with Crippen molar-refractivity contribution >= 4 is 8.32 Å². The van der Waals surface area contributed by atoms with Crippen LogP contribution in [0.5, 0.6) is 0 Å². The fourth-order valence-electron chi connectivity index (χ4n) is 4.90. The van der Waals surface area contributed by atoms with Gasteiger partial charge in [0.1, 0.15) is 0 Å². The van der Waals surface area contributed by atoms with Crippen molar-refractivity contribution in [3.63, 3.8) is 0 Å². The van der Waals surface area contributed by atoms with Crippen LogP contribution in [0.4, 0.5) is 171 Å². The lowest BCUT2D eigenvalue weighted by Gasteiger charge is -2.42. The molecule has 0 aliphatic carbocycles. The summed E-state index contributed by atoms with van der Waals surface area (Å²) in [5.74, 6) is -128. The molecule has 0 spiro atoms. The number of alkyl halides is 39. The smallest absolute Gasteiger partial charge is 0.413 e. The molecule has 0 aliphatic rings. The molecule has 0 aromatic heterocycles. The van der Waals surface area contributed by atoms with E-state index < -0.39 is 165 Å². The van der Waals surface area contributed by atoms with E-state index in [4.69, 9.17) is 0 Å². The van der Waals surface area contributed by atoms with E-state index in [1.54, 1.807) is 0 Å². The summed E-state index contributed by atoms with van der Waals surface area (Å²) in [6.45, 7) is 0.908. The highest BCUT2D eigenvalue weighted by atomic mass is 28.4. The van der Waals surface area contributed by atoms with Crippen LogP contribution >= 0.6 is 0 Å². The minimum absolute atomic E-state index is 0.351. The van der Waals surface area contributed by atoms with E-state index in [1.807, 2.05) is 0 Å². The average Bonchev–Trinajstić information content (AvgIpc) is 3.11. The van der Waals surface area contributed by atoms with Gasteiger partial charge in [-0.15, -0.1) is 0 Å². The van der Waals surface area contributed by atoms with E-state index in [2.05, 4.69) is 11.0 Å². The van der Waals surface area contributed by atoms with Crippen molar-refractivity contribution < 1.29 is 176 Å². The van der Waals surface area contributed by atoms with Crippen LogP contribution in [0.2, 0.25) is 18.1 Å². The van der Waals surface area contributed by atoms with Gasteiger partial charge in [-0.3, -0.25) is 0 Å². The molecule has 0 N–H and O–H groups in total. The monoisotopic (exact) mass is 1140 g/mol. The predicted molar refractivity (Wildman–Crippen MR) is 147 cm³/mol. The normalized spacial score (nSPS) is 16.6. The van der Waals surface area contributed by atoms with Crippen LogP contribution in [0.25, 0.3) is 0 Å². The summed E-state index contributed by atoms with van der Waals surface area (Å²) in [4.78, 5) is 0. The molecule has 0 saturated carbocycles. The lowest BCUT2D eigenvalue weighted by Crippen LogP contribution is -2.70. The van der Waals surface area contributed by atoms with E-state index in [0.29, 0.717) is 6.92 Å².